The van der Waals surface area contributed by atoms with Crippen LogP contribution in [0.2, 0.25) is 0 Å². The van der Waals surface area contributed by atoms with Gasteiger partial charge >= 0.3 is 15.5 Å². The zero-order valence-electron chi connectivity index (χ0n) is 15.2. The van der Waals surface area contributed by atoms with Crippen molar-refractivity contribution < 1.29 is 26.7 Å². The minimum Gasteiger partial charge on any atom is -0.508 e. The largest absolute Gasteiger partial charge is 0.511 e. The average Bonchev–Trinajstić information content (AvgIpc) is 2.61. The van der Waals surface area contributed by atoms with Crippen LogP contribution >= 0.6 is 24.0 Å². The molecule has 0 amide bonds. The van der Waals surface area contributed by atoms with Crippen molar-refractivity contribution in [3.63, 3.8) is 0 Å². The van der Waals surface area contributed by atoms with Crippen molar-refractivity contribution in [2.45, 2.75) is 37.9 Å². The van der Waals surface area contributed by atoms with Crippen LogP contribution in [0.3, 0.4) is 0 Å². The Balaban J connectivity index is 0.00000392. The maximum absolute atomic E-state index is 12.6. The third kappa shape index (κ3) is 6.65. The fourth-order valence-electron chi connectivity index (χ4n) is 2.67. The molecule has 0 unspecified atom stereocenters. The fourth-order valence-corrected chi connectivity index (χ4v) is 3.66. The predicted octanol–water partition coefficient (Wildman–Crippen LogP) is 2.38. The van der Waals surface area contributed by atoms with E-state index >= 15 is 0 Å². The van der Waals surface area contributed by atoms with Gasteiger partial charge in [-0.25, -0.2) is 13.4 Å². The van der Waals surface area contributed by atoms with Crippen molar-refractivity contribution in [3.05, 3.63) is 29.8 Å². The Morgan fingerprint density at radius 3 is 2.32 bits per heavy atom. The number of sulfonamides is 1. The van der Waals surface area contributed by atoms with E-state index in [1.807, 2.05) is 6.92 Å². The molecule has 0 spiro atoms. The molecule has 160 valence electrons. The van der Waals surface area contributed by atoms with Crippen molar-refractivity contribution >= 4 is 40.0 Å². The van der Waals surface area contributed by atoms with Crippen molar-refractivity contribution in [2.24, 2.45) is 4.99 Å². The zero-order chi connectivity index (χ0) is 20.1. The second kappa shape index (κ2) is 10.5. The van der Waals surface area contributed by atoms with Crippen molar-refractivity contribution in [1.29, 1.82) is 0 Å². The molecule has 0 atom stereocenters. The third-order valence-electron chi connectivity index (χ3n) is 4.13. The van der Waals surface area contributed by atoms with E-state index in [0.717, 1.165) is 5.56 Å². The lowest BCUT2D eigenvalue weighted by atomic mass is 10.1. The Morgan fingerprint density at radius 1 is 1.25 bits per heavy atom. The zero-order valence-corrected chi connectivity index (χ0v) is 18.4. The predicted molar refractivity (Wildman–Crippen MR) is 111 cm³/mol. The maximum atomic E-state index is 12.6. The van der Waals surface area contributed by atoms with Crippen LogP contribution in [0.5, 0.6) is 5.75 Å². The number of phenolic OH excluding ortho intramolecular Hbond substituents is 1. The summed E-state index contributed by atoms with van der Waals surface area (Å²) < 4.78 is 61.2. The number of halogens is 4. The standard InChI is InChI=1S/C16H23F3N4O3S.HI/c1-2-20-15(21-11-12-3-5-14(24)6-4-12)22-13-7-9-23(10-8-13)27(25,26)16(17,18)19;/h3-6,13,24H,2,7-11H2,1H3,(H2,20,21,22);1H. The van der Waals surface area contributed by atoms with Gasteiger partial charge < -0.3 is 15.7 Å². The molecule has 3 N–H and O–H groups in total. The molecule has 0 saturated carbocycles. The molecule has 1 aromatic carbocycles. The first-order valence-corrected chi connectivity index (χ1v) is 9.96. The van der Waals surface area contributed by atoms with E-state index in [0.29, 0.717) is 23.4 Å². The van der Waals surface area contributed by atoms with Crippen LogP contribution in [0.15, 0.2) is 29.3 Å². The second-order valence-electron chi connectivity index (χ2n) is 6.13. The smallest absolute Gasteiger partial charge is 0.508 e. The fraction of sp³-hybridized carbons (Fsp3) is 0.562. The molecule has 7 nitrogen and oxygen atoms in total. The summed E-state index contributed by atoms with van der Waals surface area (Å²) in [6.07, 6.45) is 0.498. The Bertz CT molecular complexity index is 749. The summed E-state index contributed by atoms with van der Waals surface area (Å²) in [5, 5.41) is 15.5. The Morgan fingerprint density at radius 2 is 1.82 bits per heavy atom. The number of rotatable bonds is 5. The van der Waals surface area contributed by atoms with Gasteiger partial charge in [0.25, 0.3) is 0 Å². The highest BCUT2D eigenvalue weighted by atomic mass is 127. The minimum atomic E-state index is -5.27. The Hall–Kier alpha value is -1.28. The number of nitrogens with zero attached hydrogens (tertiary/aromatic N) is 2. The minimum absolute atomic E-state index is 0. The highest BCUT2D eigenvalue weighted by molar-refractivity contribution is 14.0. The summed E-state index contributed by atoms with van der Waals surface area (Å²) >= 11 is 0. The van der Waals surface area contributed by atoms with Gasteiger partial charge in [-0.2, -0.15) is 17.5 Å². The number of benzene rings is 1. The first-order chi connectivity index (χ1) is 12.6. The van der Waals surface area contributed by atoms with E-state index in [9.17, 15) is 26.7 Å². The van der Waals surface area contributed by atoms with Gasteiger partial charge in [-0.15, -0.1) is 24.0 Å². The molecule has 12 heteroatoms. The lowest BCUT2D eigenvalue weighted by Crippen LogP contribution is -2.51. The van der Waals surface area contributed by atoms with E-state index in [4.69, 9.17) is 0 Å². The van der Waals surface area contributed by atoms with Gasteiger partial charge in [0, 0.05) is 25.7 Å². The summed E-state index contributed by atoms with van der Waals surface area (Å²) in [6.45, 7) is 2.45. The highest BCUT2D eigenvalue weighted by Gasteiger charge is 2.50. The number of aliphatic imine (C=N–C) groups is 1. The number of guanidine groups is 1. The number of phenols is 1. The number of aromatic hydroxyl groups is 1. The van der Waals surface area contributed by atoms with Gasteiger partial charge in [0.05, 0.1) is 6.54 Å². The Kier molecular flexibility index (Phi) is 9.27. The highest BCUT2D eigenvalue weighted by Crippen LogP contribution is 2.28. The van der Waals surface area contributed by atoms with E-state index in [-0.39, 0.29) is 61.7 Å². The topological polar surface area (TPSA) is 94.0 Å². The van der Waals surface area contributed by atoms with Crippen LogP contribution in [0.1, 0.15) is 25.3 Å². The van der Waals surface area contributed by atoms with Gasteiger partial charge in [-0.3, -0.25) is 0 Å². The molecule has 0 radical (unpaired) electrons. The van der Waals surface area contributed by atoms with Crippen LogP contribution in [0.4, 0.5) is 13.2 Å². The quantitative estimate of drug-likeness (QED) is 0.306. The maximum Gasteiger partial charge on any atom is 0.511 e. The summed E-state index contributed by atoms with van der Waals surface area (Å²) in [4.78, 5) is 4.42. The van der Waals surface area contributed by atoms with Crippen LogP contribution in [0.25, 0.3) is 0 Å². The molecule has 1 fully saturated rings. The number of hydrogen-bond donors (Lipinski definition) is 3. The lowest BCUT2D eigenvalue weighted by Gasteiger charge is -2.32. The number of piperidine rings is 1. The van der Waals surface area contributed by atoms with E-state index < -0.39 is 15.5 Å². The number of hydrogen-bond acceptors (Lipinski definition) is 4. The molecule has 1 heterocycles. The molecule has 1 aliphatic rings. The Labute approximate surface area is 179 Å². The van der Waals surface area contributed by atoms with Gasteiger partial charge in [0.2, 0.25) is 0 Å². The van der Waals surface area contributed by atoms with Gasteiger partial charge in [0.15, 0.2) is 5.96 Å². The molecule has 1 aliphatic heterocycles. The summed E-state index contributed by atoms with van der Waals surface area (Å²) in [6, 6.07) is 6.41. The van der Waals surface area contributed by atoms with Crippen LogP contribution in [0, 0.1) is 0 Å². The average molecular weight is 536 g/mol. The van der Waals surface area contributed by atoms with Gasteiger partial charge in [-0.1, -0.05) is 12.1 Å². The monoisotopic (exact) mass is 536 g/mol. The molecule has 0 bridgehead atoms. The van der Waals surface area contributed by atoms with Crippen molar-refractivity contribution in [3.8, 4) is 5.75 Å². The molecule has 0 aliphatic carbocycles. The second-order valence-corrected chi connectivity index (χ2v) is 8.06. The van der Waals surface area contributed by atoms with Crippen LogP contribution in [-0.4, -0.2) is 55.0 Å². The molecule has 28 heavy (non-hydrogen) atoms. The van der Waals surface area contributed by atoms with E-state index in [2.05, 4.69) is 15.6 Å². The van der Waals surface area contributed by atoms with Gasteiger partial charge in [-0.05, 0) is 37.5 Å². The summed E-state index contributed by atoms with van der Waals surface area (Å²) in [5.41, 5.74) is -4.38. The van der Waals surface area contributed by atoms with E-state index in [1.165, 1.54) is 0 Å². The molecule has 1 aromatic rings. The first-order valence-electron chi connectivity index (χ1n) is 8.52. The summed E-state index contributed by atoms with van der Waals surface area (Å²) in [7, 11) is -5.27. The third-order valence-corrected chi connectivity index (χ3v) is 5.76. The van der Waals surface area contributed by atoms with Crippen molar-refractivity contribution in [2.75, 3.05) is 19.6 Å². The molecule has 1 saturated heterocycles. The SMILES string of the molecule is CCNC(=NCc1ccc(O)cc1)NC1CCN(S(=O)(=O)C(F)(F)F)CC1.I. The molecular formula is C16H24F3IN4O3S. The summed E-state index contributed by atoms with van der Waals surface area (Å²) in [5.74, 6) is 0.663. The lowest BCUT2D eigenvalue weighted by molar-refractivity contribution is -0.0494. The van der Waals surface area contributed by atoms with Gasteiger partial charge in [0.1, 0.15) is 5.75 Å². The number of nitrogens with one attached hydrogen (secondary N) is 2. The molecule has 2 rings (SSSR count). The molecular weight excluding hydrogens is 512 g/mol. The van der Waals surface area contributed by atoms with Crippen LogP contribution in [-0.2, 0) is 16.6 Å². The van der Waals surface area contributed by atoms with E-state index in [1.54, 1.807) is 24.3 Å². The van der Waals surface area contributed by atoms with Crippen LogP contribution < -0.4 is 10.6 Å². The molecule has 0 aromatic heterocycles. The normalized spacial score (nSPS) is 17.1. The number of alkyl halides is 3. The van der Waals surface area contributed by atoms with Crippen molar-refractivity contribution in [1.82, 2.24) is 14.9 Å². The first kappa shape index (κ1) is 24.8.